The van der Waals surface area contributed by atoms with Crippen LogP contribution in [0.3, 0.4) is 0 Å². The van der Waals surface area contributed by atoms with E-state index in [4.69, 9.17) is 16.3 Å². The molecular formula is C24H33ClF3N3O4S. The Labute approximate surface area is 215 Å². The number of nitrogens with zero attached hydrogens (tertiary/aromatic N) is 3. The summed E-state index contributed by atoms with van der Waals surface area (Å²) in [6.07, 6.45) is -3.06. The van der Waals surface area contributed by atoms with Gasteiger partial charge >= 0.3 is 12.3 Å². The minimum Gasteiger partial charge on any atom is -0.448 e. The molecule has 2 heterocycles. The van der Waals surface area contributed by atoms with E-state index in [2.05, 4.69) is 4.90 Å². The van der Waals surface area contributed by atoms with Gasteiger partial charge in [-0.15, -0.1) is 0 Å². The van der Waals surface area contributed by atoms with Crippen LogP contribution in [0.2, 0.25) is 5.02 Å². The third-order valence-corrected chi connectivity index (χ3v) is 9.48. The smallest absolute Gasteiger partial charge is 0.410 e. The number of piperazine rings is 1. The molecule has 4 rings (SSSR count). The van der Waals surface area contributed by atoms with E-state index in [0.717, 1.165) is 29.9 Å². The number of piperidine rings is 1. The van der Waals surface area contributed by atoms with Crippen LogP contribution < -0.4 is 0 Å². The van der Waals surface area contributed by atoms with Gasteiger partial charge in [0.1, 0.15) is 6.61 Å². The molecule has 0 spiro atoms. The van der Waals surface area contributed by atoms with Crippen molar-refractivity contribution in [1.82, 2.24) is 14.1 Å². The average Bonchev–Trinajstić information content (AvgIpc) is 3.60. The normalized spacial score (nSPS) is 26.7. The van der Waals surface area contributed by atoms with Gasteiger partial charge < -0.3 is 9.64 Å². The van der Waals surface area contributed by atoms with Crippen LogP contribution in [0, 0.1) is 5.92 Å². The van der Waals surface area contributed by atoms with Crippen LogP contribution in [0.5, 0.6) is 0 Å². The van der Waals surface area contributed by atoms with Gasteiger partial charge in [0.2, 0.25) is 10.0 Å². The molecule has 1 aromatic carbocycles. The predicted molar refractivity (Wildman–Crippen MR) is 129 cm³/mol. The number of sulfonamides is 1. The Hall–Kier alpha value is -1.56. The van der Waals surface area contributed by atoms with Crippen molar-refractivity contribution in [3.63, 3.8) is 0 Å². The minimum atomic E-state index is -4.54. The minimum absolute atomic E-state index is 0.0664. The lowest BCUT2D eigenvalue weighted by Crippen LogP contribution is -2.56. The van der Waals surface area contributed by atoms with Crippen LogP contribution >= 0.6 is 11.6 Å². The summed E-state index contributed by atoms with van der Waals surface area (Å²) in [6, 6.07) is 3.11. The number of amides is 1. The lowest BCUT2D eigenvalue weighted by Gasteiger charge is -2.42. The molecule has 2 saturated heterocycles. The van der Waals surface area contributed by atoms with Gasteiger partial charge in [0.15, 0.2) is 0 Å². The van der Waals surface area contributed by atoms with Crippen molar-refractivity contribution in [3.05, 3.63) is 29.3 Å². The van der Waals surface area contributed by atoms with Gasteiger partial charge in [-0.1, -0.05) is 18.0 Å². The molecule has 2 aliphatic heterocycles. The van der Waals surface area contributed by atoms with Gasteiger partial charge in [-0.05, 0) is 62.8 Å². The zero-order valence-electron chi connectivity index (χ0n) is 20.3. The van der Waals surface area contributed by atoms with E-state index in [1.165, 1.54) is 37.1 Å². The quantitative estimate of drug-likeness (QED) is 0.489. The Morgan fingerprint density at radius 2 is 1.75 bits per heavy atom. The second-order valence-corrected chi connectivity index (χ2v) is 12.4. The summed E-state index contributed by atoms with van der Waals surface area (Å²) < 4.78 is 73.5. The first-order valence-corrected chi connectivity index (χ1v) is 14.3. The number of carbonyl (C=O) groups is 1. The molecule has 0 radical (unpaired) electrons. The van der Waals surface area contributed by atoms with E-state index in [1.807, 2.05) is 6.92 Å². The highest BCUT2D eigenvalue weighted by atomic mass is 35.5. The van der Waals surface area contributed by atoms with Crippen LogP contribution in [0.4, 0.5) is 18.0 Å². The van der Waals surface area contributed by atoms with Crippen LogP contribution in [0.15, 0.2) is 29.2 Å². The van der Waals surface area contributed by atoms with Gasteiger partial charge in [-0.3, -0.25) is 4.90 Å². The number of alkyl halides is 3. The van der Waals surface area contributed by atoms with Crippen molar-refractivity contribution < 1.29 is 31.1 Å². The molecule has 0 unspecified atom stereocenters. The van der Waals surface area contributed by atoms with E-state index >= 15 is 0 Å². The average molecular weight is 552 g/mol. The SMILES string of the molecule is C[C@@H]1CN(CC2CC2)CCN1C(=O)OC[C@H]1CCC[C@@H](CC(F)(F)F)N1S(=O)(=O)c1ccc(Cl)cc1. The van der Waals surface area contributed by atoms with Crippen LogP contribution in [0.25, 0.3) is 0 Å². The fraction of sp³-hybridized carbons (Fsp3) is 0.708. The monoisotopic (exact) mass is 551 g/mol. The van der Waals surface area contributed by atoms with Crippen molar-refractivity contribution in [3.8, 4) is 0 Å². The first kappa shape index (κ1) is 27.5. The molecule has 1 aliphatic carbocycles. The van der Waals surface area contributed by atoms with Crippen molar-refractivity contribution in [1.29, 1.82) is 0 Å². The largest absolute Gasteiger partial charge is 0.448 e. The Balaban J connectivity index is 1.46. The molecule has 3 atom stereocenters. The highest BCUT2D eigenvalue weighted by Gasteiger charge is 2.45. The molecule has 3 aliphatic rings. The third-order valence-electron chi connectivity index (χ3n) is 7.21. The van der Waals surface area contributed by atoms with Gasteiger partial charge in [-0.25, -0.2) is 13.2 Å². The summed E-state index contributed by atoms with van der Waals surface area (Å²) in [5.41, 5.74) is 0. The highest BCUT2D eigenvalue weighted by Crippen LogP contribution is 2.36. The van der Waals surface area contributed by atoms with Crippen molar-refractivity contribution in [2.75, 3.05) is 32.8 Å². The second kappa shape index (κ2) is 11.0. The Morgan fingerprint density at radius 3 is 2.36 bits per heavy atom. The summed E-state index contributed by atoms with van der Waals surface area (Å²) in [5, 5.41) is 0.316. The summed E-state index contributed by atoms with van der Waals surface area (Å²) in [7, 11) is -4.28. The topological polar surface area (TPSA) is 70.2 Å². The van der Waals surface area contributed by atoms with E-state index in [0.29, 0.717) is 24.4 Å². The molecule has 0 N–H and O–H groups in total. The molecule has 12 heteroatoms. The molecule has 0 bridgehead atoms. The van der Waals surface area contributed by atoms with Gasteiger partial charge in [0.25, 0.3) is 0 Å². The molecule has 1 amide bonds. The standard InChI is InChI=1S/C24H33ClF3N3O4S/c1-17-14-29(15-18-5-6-18)11-12-30(17)23(32)35-16-21-4-2-3-20(13-24(26,27)28)31(21)36(33,34)22-9-7-19(25)8-10-22/h7-10,17-18,20-21H,2-6,11-16H2,1H3/t17-,20+,21-/m1/s1. The third kappa shape index (κ3) is 6.85. The summed E-state index contributed by atoms with van der Waals surface area (Å²) in [6.45, 7) is 4.66. The fourth-order valence-corrected chi connectivity index (χ4v) is 7.25. The van der Waals surface area contributed by atoms with Crippen LogP contribution in [-0.2, 0) is 14.8 Å². The summed E-state index contributed by atoms with van der Waals surface area (Å²) in [5.74, 6) is 0.750. The molecule has 36 heavy (non-hydrogen) atoms. The first-order valence-electron chi connectivity index (χ1n) is 12.5. The highest BCUT2D eigenvalue weighted by molar-refractivity contribution is 7.89. The molecular weight excluding hydrogens is 519 g/mol. The van der Waals surface area contributed by atoms with Crippen LogP contribution in [0.1, 0.15) is 45.4 Å². The summed E-state index contributed by atoms with van der Waals surface area (Å²) in [4.78, 5) is 16.7. The fourth-order valence-electron chi connectivity index (χ4n) is 5.26. The van der Waals surface area contributed by atoms with E-state index < -0.39 is 40.8 Å². The maximum absolute atomic E-state index is 13.5. The Morgan fingerprint density at radius 1 is 1.08 bits per heavy atom. The Kier molecular flexibility index (Phi) is 8.43. The van der Waals surface area contributed by atoms with Gasteiger partial charge in [-0.2, -0.15) is 17.5 Å². The zero-order valence-corrected chi connectivity index (χ0v) is 21.9. The molecule has 7 nitrogen and oxygen atoms in total. The number of ether oxygens (including phenoxy) is 1. The first-order chi connectivity index (χ1) is 16.9. The number of hydrogen-bond acceptors (Lipinski definition) is 5. The van der Waals surface area contributed by atoms with E-state index in [1.54, 1.807) is 4.90 Å². The maximum Gasteiger partial charge on any atom is 0.410 e. The van der Waals surface area contributed by atoms with Crippen molar-refractivity contribution in [2.24, 2.45) is 5.92 Å². The summed E-state index contributed by atoms with van der Waals surface area (Å²) >= 11 is 5.88. The van der Waals surface area contributed by atoms with E-state index in [-0.39, 0.29) is 24.0 Å². The molecule has 202 valence electrons. The Bertz CT molecular complexity index is 1020. The molecule has 1 aromatic rings. The lowest BCUT2D eigenvalue weighted by molar-refractivity contribution is -0.147. The van der Waals surface area contributed by atoms with Gasteiger partial charge in [0.05, 0.1) is 17.4 Å². The number of benzene rings is 1. The van der Waals surface area contributed by atoms with E-state index in [9.17, 15) is 26.4 Å². The molecule has 3 fully saturated rings. The lowest BCUT2D eigenvalue weighted by atomic mass is 9.96. The number of halogens is 4. The number of rotatable bonds is 7. The molecule has 0 aromatic heterocycles. The number of carbonyl (C=O) groups excluding carboxylic acids is 1. The maximum atomic E-state index is 13.5. The number of hydrogen-bond donors (Lipinski definition) is 0. The van der Waals surface area contributed by atoms with Crippen LogP contribution in [-0.4, -0.2) is 85.7 Å². The zero-order chi connectivity index (χ0) is 26.1. The molecule has 1 saturated carbocycles. The van der Waals surface area contributed by atoms with Gasteiger partial charge in [0, 0.05) is 43.3 Å². The van der Waals surface area contributed by atoms with Crippen molar-refractivity contribution in [2.45, 2.75) is 74.6 Å². The second-order valence-electron chi connectivity index (χ2n) is 10.2. The van der Waals surface area contributed by atoms with Crippen molar-refractivity contribution >= 4 is 27.7 Å². The predicted octanol–water partition coefficient (Wildman–Crippen LogP) is 4.76.